The second kappa shape index (κ2) is 22.9. The van der Waals surface area contributed by atoms with Gasteiger partial charge in [0, 0.05) is 44.5 Å². The van der Waals surface area contributed by atoms with Crippen molar-refractivity contribution in [1.29, 1.82) is 0 Å². The van der Waals surface area contributed by atoms with Gasteiger partial charge in [0.15, 0.2) is 29.5 Å². The number of carboxylic acids is 1. The van der Waals surface area contributed by atoms with Crippen molar-refractivity contribution < 1.29 is 55.6 Å². The lowest BCUT2D eigenvalue weighted by Crippen LogP contribution is -2.56. The molecule has 16 saturated carbocycles. The lowest BCUT2D eigenvalue weighted by molar-refractivity contribution is -0.146. The van der Waals surface area contributed by atoms with Crippen LogP contribution in [0, 0.1) is 52.8 Å². The Morgan fingerprint density at radius 2 is 0.491 bits per heavy atom. The fraction of sp³-hybridized carbons (Fsp3) is 0.527. The van der Waals surface area contributed by atoms with Crippen LogP contribution in [0.4, 0.5) is 0 Å². The fourth-order valence-electron chi connectivity index (χ4n) is 29.5. The summed E-state index contributed by atoms with van der Waals surface area (Å²) in [7, 11) is -10.3. The van der Waals surface area contributed by atoms with E-state index in [-0.39, 0.29) is 98.4 Å². The zero-order chi connectivity index (χ0) is 73.0. The maximum Gasteiger partial charge on any atom is 0.303 e. The number of hydrogen-bond donors (Lipinski definition) is 5. The average molecular weight is 1480 g/mol. The molecule has 24 bridgehead atoms. The lowest BCUT2D eigenvalue weighted by Gasteiger charge is -2.63. The van der Waals surface area contributed by atoms with E-state index >= 15 is 0 Å². The van der Waals surface area contributed by atoms with E-state index in [4.69, 9.17) is 0 Å². The Kier molecular flexibility index (Phi) is 14.7. The quantitative estimate of drug-likeness (QED) is 0.0771. The molecule has 17 aliphatic rings. The van der Waals surface area contributed by atoms with Gasteiger partial charge in [-0.3, -0.25) is 4.79 Å². The number of sulfone groups is 3. The van der Waals surface area contributed by atoms with E-state index < -0.39 is 35.5 Å². The smallest absolute Gasteiger partial charge is 0.303 e. The molecule has 7 aromatic carbocycles. The molecular weight excluding hydrogens is 1380 g/mol. The first-order valence-corrected chi connectivity index (χ1v) is 45.5. The number of hydrogen-bond acceptors (Lipinski definition) is 11. The molecule has 0 heterocycles. The van der Waals surface area contributed by atoms with E-state index in [0.29, 0.717) is 107 Å². The topological polar surface area (TPSA) is 221 Å². The summed E-state index contributed by atoms with van der Waals surface area (Å²) in [5.74, 6) is 3.12. The molecule has 15 heteroatoms. The molecule has 5 N–H and O–H groups in total. The minimum Gasteiger partial charge on any atom is -0.507 e. The SMILES string of the molecule is CS(=O)(=O)c1ccc(C23C[C@H]4C[C@@H](C2)CC(c2cc5c(O)c(c2)Cc2cc(C67C[C@@H]8C[C@@H](CC(c9ccc(S(C)(=O)=O)cc9)(C8)C6)C7)cc(c2O)Cc2cc(C67C[C@@H]8C[C@@H](CC(c9ccc(S(C)(=O)=O)cc9)(C8)C6)C7)cc(c2O)Cc2cc(C67C[C@@H]8C[C@@H](CC(CC(=O)O)(C8)C6)C7)cc(c2O)C5)(C4)C3)cc1. The van der Waals surface area contributed by atoms with Crippen LogP contribution in [-0.2, 0) is 97.9 Å². The van der Waals surface area contributed by atoms with Crippen molar-refractivity contribution in [2.75, 3.05) is 18.8 Å². The second-order valence-electron chi connectivity index (χ2n) is 39.0. The predicted molar refractivity (Wildman–Crippen MR) is 407 cm³/mol. The van der Waals surface area contributed by atoms with Crippen molar-refractivity contribution in [3.8, 4) is 23.0 Å². The molecule has 0 spiro atoms. The van der Waals surface area contributed by atoms with Crippen LogP contribution in [0.1, 0.15) is 244 Å². The van der Waals surface area contributed by atoms with Gasteiger partial charge in [-0.05, 0) is 365 Å². The molecule has 554 valence electrons. The number of phenolic OH excluding ortho intramolecular Hbond substituents is 4. The van der Waals surface area contributed by atoms with Crippen LogP contribution in [0.5, 0.6) is 23.0 Å². The van der Waals surface area contributed by atoms with Gasteiger partial charge in [0.25, 0.3) is 0 Å². The predicted octanol–water partition coefficient (Wildman–Crippen LogP) is 17.1. The molecule has 16 fully saturated rings. The molecule has 0 saturated heterocycles. The summed E-state index contributed by atoms with van der Waals surface area (Å²) in [5.41, 5.74) is 11.5. The van der Waals surface area contributed by atoms with Gasteiger partial charge in [0.2, 0.25) is 0 Å². The first kappa shape index (κ1) is 68.3. The fourth-order valence-corrected chi connectivity index (χ4v) is 31.4. The molecule has 7 aromatic rings. The molecule has 24 rings (SSSR count). The van der Waals surface area contributed by atoms with Crippen molar-refractivity contribution in [3.63, 3.8) is 0 Å². The first-order valence-electron chi connectivity index (χ1n) is 39.8. The summed E-state index contributed by atoms with van der Waals surface area (Å²) < 4.78 is 77.5. The highest BCUT2D eigenvalue weighted by atomic mass is 32.2. The number of fused-ring (bicyclic) bond motifs is 8. The van der Waals surface area contributed by atoms with Gasteiger partial charge in [-0.1, -0.05) is 84.9 Å². The Hall–Kier alpha value is -6.94. The minimum absolute atomic E-state index is 0.128. The highest BCUT2D eigenvalue weighted by molar-refractivity contribution is 7.91. The van der Waals surface area contributed by atoms with Gasteiger partial charge in [-0.25, -0.2) is 25.3 Å². The van der Waals surface area contributed by atoms with Gasteiger partial charge in [-0.2, -0.15) is 0 Å². The molecule has 0 aliphatic heterocycles. The number of carbonyl (C=O) groups is 1. The number of rotatable bonds is 12. The van der Waals surface area contributed by atoms with Gasteiger partial charge < -0.3 is 25.5 Å². The van der Waals surface area contributed by atoms with Crippen molar-refractivity contribution in [2.45, 2.75) is 239 Å². The van der Waals surface area contributed by atoms with Crippen LogP contribution in [0.15, 0.2) is 136 Å². The van der Waals surface area contributed by atoms with Crippen LogP contribution in [0.3, 0.4) is 0 Å². The van der Waals surface area contributed by atoms with Crippen LogP contribution in [-0.4, -0.2) is 75.5 Å². The molecule has 17 aliphatic carbocycles. The average Bonchev–Trinajstić information content (AvgIpc) is 0.714. The molecule has 16 atom stereocenters. The molecule has 106 heavy (non-hydrogen) atoms. The molecule has 0 aromatic heterocycles. The second-order valence-corrected chi connectivity index (χ2v) is 45.1. The Labute approximate surface area is 625 Å². The van der Waals surface area contributed by atoms with Crippen LogP contribution in [0.25, 0.3) is 0 Å². The van der Waals surface area contributed by atoms with E-state index in [2.05, 4.69) is 84.9 Å². The Morgan fingerprint density at radius 1 is 0.302 bits per heavy atom. The standard InChI is InChI=1S/C91H100O12S3/c1-104(98,99)76-10-4-69(5-11-76)86-36-55-17-56(37-86)43-89(42-55,50-86)73-26-63-20-61-24-72(85-34-53-16-54(35-85)33-84(32-53,49-85)48-79(92)93)25-62(80(61)94)21-64-27-74(90-44-57-18-58(45-90)39-87(38-57,51-90)70-6-12-77(13-7-70)105(2,100)101)29-66(82(64)96)23-68-31-75(30-67(83(68)97)22-65(28-73)81(63)95)91-46-59-19-60(47-91)41-88(40-59,52-91)71-8-14-78(15-9-71)106(3,102)103/h4-15,24-31,53-60,94-97H,16-23,32-52H2,1-3H3,(H,92,93)/t53-,54+,55-,56+,57-,58+,59-,60+,84?,85?,86?,87?,88?,89?,90?,91?. The Balaban J connectivity index is 0.787. The van der Waals surface area contributed by atoms with Crippen LogP contribution in [0.2, 0.25) is 0 Å². The maximum absolute atomic E-state index is 13.7. The van der Waals surface area contributed by atoms with Gasteiger partial charge in [0.1, 0.15) is 23.0 Å². The molecule has 8 unspecified atom stereocenters. The highest BCUT2D eigenvalue weighted by Crippen LogP contribution is 2.72. The summed E-state index contributed by atoms with van der Waals surface area (Å²) >= 11 is 0. The van der Waals surface area contributed by atoms with E-state index in [1.807, 2.05) is 0 Å². The third-order valence-electron chi connectivity index (χ3n) is 31.6. The van der Waals surface area contributed by atoms with Crippen molar-refractivity contribution in [3.05, 3.63) is 205 Å². The summed E-state index contributed by atoms with van der Waals surface area (Å²) in [4.78, 5) is 13.9. The van der Waals surface area contributed by atoms with Crippen LogP contribution < -0.4 is 0 Å². The number of benzene rings is 7. The third kappa shape index (κ3) is 10.8. The Morgan fingerprint density at radius 3 is 0.689 bits per heavy atom. The number of aromatic hydroxyl groups is 4. The molecule has 0 radical (unpaired) electrons. The summed E-state index contributed by atoms with van der Waals surface area (Å²) in [6.45, 7) is 0. The summed E-state index contributed by atoms with van der Waals surface area (Å²) in [5, 5.41) is 65.2. The Bertz CT molecular complexity index is 5000. The zero-order valence-electron chi connectivity index (χ0n) is 61.5. The van der Waals surface area contributed by atoms with Gasteiger partial charge in [-0.15, -0.1) is 0 Å². The number of carboxylic acid groups (broad SMARTS) is 1. The normalized spacial score (nSPS) is 36.2. The van der Waals surface area contributed by atoms with Gasteiger partial charge >= 0.3 is 5.97 Å². The van der Waals surface area contributed by atoms with E-state index in [0.717, 1.165) is 176 Å². The summed E-state index contributed by atoms with van der Waals surface area (Å²) in [6.07, 6.45) is 28.2. The minimum atomic E-state index is -3.43. The first-order chi connectivity index (χ1) is 50.3. The number of phenols is 4. The van der Waals surface area contributed by atoms with Crippen LogP contribution >= 0.6 is 0 Å². The monoisotopic (exact) mass is 1480 g/mol. The third-order valence-corrected chi connectivity index (χ3v) is 35.0. The largest absolute Gasteiger partial charge is 0.507 e. The summed E-state index contributed by atoms with van der Waals surface area (Å²) in [6, 6.07) is 41.1. The van der Waals surface area contributed by atoms with E-state index in [1.54, 1.807) is 36.4 Å². The van der Waals surface area contributed by atoms with Gasteiger partial charge in [0.05, 0.1) is 21.1 Å². The molecular formula is C91H100O12S3. The van der Waals surface area contributed by atoms with Crippen molar-refractivity contribution >= 4 is 35.5 Å². The number of aliphatic carboxylic acids is 1. The molecule has 12 nitrogen and oxygen atoms in total. The van der Waals surface area contributed by atoms with Crippen molar-refractivity contribution in [1.82, 2.24) is 0 Å². The maximum atomic E-state index is 13.7. The molecule has 0 amide bonds. The highest BCUT2D eigenvalue weighted by Gasteiger charge is 2.63. The zero-order valence-corrected chi connectivity index (χ0v) is 63.9. The lowest BCUT2D eigenvalue weighted by atomic mass is 9.41. The van der Waals surface area contributed by atoms with Crippen molar-refractivity contribution in [2.24, 2.45) is 52.8 Å². The van der Waals surface area contributed by atoms with E-state index in [9.17, 15) is 55.6 Å². The van der Waals surface area contributed by atoms with E-state index in [1.165, 1.54) is 35.5 Å².